The Morgan fingerprint density at radius 2 is 1.22 bits per heavy atom. The molecule has 1 aliphatic heterocycles. The monoisotopic (exact) mass is 820 g/mol. The molecule has 2 amide bonds. The number of amides is 2. The van der Waals surface area contributed by atoms with Gasteiger partial charge in [0.2, 0.25) is 21.8 Å². The summed E-state index contributed by atoms with van der Waals surface area (Å²) in [6.45, 7) is 4.43. The van der Waals surface area contributed by atoms with Crippen LogP contribution in [0.1, 0.15) is 109 Å². The fourth-order valence-corrected chi connectivity index (χ4v) is 9.07. The summed E-state index contributed by atoms with van der Waals surface area (Å²) in [6, 6.07) is 15.0. The molecule has 0 fully saturated rings. The Balaban J connectivity index is 1.26. The van der Waals surface area contributed by atoms with Gasteiger partial charge in [-0.25, -0.2) is 21.6 Å². The summed E-state index contributed by atoms with van der Waals surface area (Å²) >= 11 is 12.6. The van der Waals surface area contributed by atoms with Crippen molar-refractivity contribution in [3.63, 3.8) is 0 Å². The number of fused-ring (bicyclic) bond motifs is 1. The van der Waals surface area contributed by atoms with Crippen molar-refractivity contribution in [1.82, 2.24) is 4.72 Å². The summed E-state index contributed by atoms with van der Waals surface area (Å²) in [7, 11) is -8.28. The van der Waals surface area contributed by atoms with Crippen molar-refractivity contribution in [3.05, 3.63) is 76.3 Å². The molecule has 4 rings (SSSR count). The second kappa shape index (κ2) is 21.2. The summed E-state index contributed by atoms with van der Waals surface area (Å²) in [5.41, 5.74) is 1.63. The molecule has 1 atom stereocenters. The Morgan fingerprint density at radius 1 is 0.704 bits per heavy atom. The van der Waals surface area contributed by atoms with Crippen molar-refractivity contribution in [2.75, 3.05) is 28.0 Å². The van der Waals surface area contributed by atoms with Gasteiger partial charge in [-0.3, -0.25) is 14.3 Å². The van der Waals surface area contributed by atoms with Gasteiger partial charge in [0, 0.05) is 18.8 Å². The highest BCUT2D eigenvalue weighted by molar-refractivity contribution is 7.92. The maximum absolute atomic E-state index is 13.5. The lowest BCUT2D eigenvalue weighted by atomic mass is 10.0. The largest absolute Gasteiger partial charge is 0.324 e. The first kappa shape index (κ1) is 43.6. The van der Waals surface area contributed by atoms with E-state index in [1.165, 1.54) is 95.4 Å². The molecular weight excluding hydrogens is 768 g/mol. The molecule has 14 heteroatoms. The standard InChI is InChI=1S/C40H54Cl2N4O6S2/c1-3-4-5-6-7-8-9-10-11-12-13-14-15-18-26-43-53(49,50)32-21-24-35(42)37(29-32)45-54(51,52)33-22-23-34(41)36(28-33)44-39(47)30(2)40(48)46-27-25-31-19-16-17-20-38(31)46/h16-17,19-24,28-30,43,45H,3-15,18,25-27H2,1-2H3,(H,44,47). The Kier molecular flexibility index (Phi) is 17.1. The van der Waals surface area contributed by atoms with Gasteiger partial charge in [0.15, 0.2) is 0 Å². The predicted molar refractivity (Wildman–Crippen MR) is 220 cm³/mol. The summed E-state index contributed by atoms with van der Waals surface area (Å²) < 4.78 is 58.1. The van der Waals surface area contributed by atoms with Crippen molar-refractivity contribution in [3.8, 4) is 0 Å². The van der Waals surface area contributed by atoms with E-state index in [0.717, 1.165) is 42.6 Å². The van der Waals surface area contributed by atoms with E-state index >= 15 is 0 Å². The molecular formula is C40H54Cl2N4O6S2. The number of sulfonamides is 2. The van der Waals surface area contributed by atoms with E-state index in [0.29, 0.717) is 19.4 Å². The van der Waals surface area contributed by atoms with Crippen molar-refractivity contribution in [2.45, 2.75) is 120 Å². The number of carbonyl (C=O) groups excluding carboxylic acids is 2. The highest BCUT2D eigenvalue weighted by atomic mass is 35.5. The Morgan fingerprint density at radius 3 is 1.83 bits per heavy atom. The minimum Gasteiger partial charge on any atom is -0.324 e. The Hall–Kier alpha value is -3.16. The number of benzene rings is 3. The van der Waals surface area contributed by atoms with Crippen molar-refractivity contribution in [1.29, 1.82) is 0 Å². The van der Waals surface area contributed by atoms with E-state index in [2.05, 4.69) is 21.7 Å². The van der Waals surface area contributed by atoms with Gasteiger partial charge in [0.25, 0.3) is 10.0 Å². The van der Waals surface area contributed by atoms with Gasteiger partial charge in [-0.1, -0.05) is 132 Å². The number of anilines is 3. The van der Waals surface area contributed by atoms with Gasteiger partial charge in [-0.2, -0.15) is 0 Å². The third-order valence-electron chi connectivity index (χ3n) is 9.74. The first-order valence-corrected chi connectivity index (χ1v) is 22.9. The highest BCUT2D eigenvalue weighted by Crippen LogP contribution is 2.32. The number of hydrogen-bond acceptors (Lipinski definition) is 6. The third kappa shape index (κ3) is 12.7. The molecule has 3 aromatic rings. The van der Waals surface area contributed by atoms with E-state index in [9.17, 15) is 26.4 Å². The van der Waals surface area contributed by atoms with Crippen LogP contribution in [0.15, 0.2) is 70.5 Å². The molecule has 0 aromatic heterocycles. The van der Waals surface area contributed by atoms with Crippen LogP contribution < -0.4 is 19.7 Å². The lowest BCUT2D eigenvalue weighted by molar-refractivity contribution is -0.130. The van der Waals surface area contributed by atoms with Crippen LogP contribution in [-0.2, 0) is 36.1 Å². The molecule has 10 nitrogen and oxygen atoms in total. The van der Waals surface area contributed by atoms with Gasteiger partial charge in [0.05, 0.1) is 31.2 Å². The minimum atomic E-state index is -4.33. The number of unbranched alkanes of at least 4 members (excludes halogenated alkanes) is 13. The molecule has 296 valence electrons. The summed E-state index contributed by atoms with van der Waals surface area (Å²) in [6.07, 6.45) is 17.5. The Labute approximate surface area is 331 Å². The van der Waals surface area contributed by atoms with Crippen LogP contribution in [0.3, 0.4) is 0 Å². The minimum absolute atomic E-state index is 0.0113. The number of hydrogen-bond donors (Lipinski definition) is 3. The van der Waals surface area contributed by atoms with Gasteiger partial charge < -0.3 is 10.2 Å². The first-order chi connectivity index (χ1) is 25.8. The molecule has 3 aromatic carbocycles. The van der Waals surface area contributed by atoms with E-state index < -0.39 is 37.8 Å². The van der Waals surface area contributed by atoms with E-state index in [1.807, 2.05) is 24.3 Å². The maximum Gasteiger partial charge on any atom is 0.262 e. The zero-order valence-corrected chi connectivity index (χ0v) is 34.5. The fourth-order valence-electron chi connectivity index (χ4n) is 6.48. The molecule has 3 N–H and O–H groups in total. The van der Waals surface area contributed by atoms with Crippen molar-refractivity contribution in [2.24, 2.45) is 5.92 Å². The van der Waals surface area contributed by atoms with Crippen LogP contribution in [0.25, 0.3) is 0 Å². The van der Waals surface area contributed by atoms with E-state index in [-0.39, 0.29) is 37.8 Å². The van der Waals surface area contributed by atoms with Crippen molar-refractivity contribution >= 4 is 72.1 Å². The molecule has 1 heterocycles. The second-order valence-corrected chi connectivity index (χ2v) is 18.2. The maximum atomic E-state index is 13.5. The molecule has 0 bridgehead atoms. The fraction of sp³-hybridized carbons (Fsp3) is 0.500. The SMILES string of the molecule is CCCCCCCCCCCCCCCCNS(=O)(=O)c1ccc(Cl)c(NS(=O)(=O)c2ccc(Cl)c(NC(=O)C(C)C(=O)N3CCc4ccccc43)c2)c1. The zero-order chi connectivity index (χ0) is 39.1. The second-order valence-electron chi connectivity index (χ2n) is 14.0. The number of halogens is 2. The predicted octanol–water partition coefficient (Wildman–Crippen LogP) is 9.72. The first-order valence-electron chi connectivity index (χ1n) is 19.2. The molecule has 0 saturated heterocycles. The van der Waals surface area contributed by atoms with Gasteiger partial charge in [0.1, 0.15) is 5.92 Å². The van der Waals surface area contributed by atoms with Crippen LogP contribution in [0.4, 0.5) is 17.1 Å². The number of rotatable bonds is 23. The average Bonchev–Trinajstić information content (AvgIpc) is 3.58. The summed E-state index contributed by atoms with van der Waals surface area (Å²) in [5, 5.41) is 2.63. The molecule has 0 radical (unpaired) electrons. The average molecular weight is 822 g/mol. The zero-order valence-electron chi connectivity index (χ0n) is 31.3. The summed E-state index contributed by atoms with van der Waals surface area (Å²) in [4.78, 5) is 27.6. The highest BCUT2D eigenvalue weighted by Gasteiger charge is 2.32. The Bertz CT molecular complexity index is 1940. The van der Waals surface area contributed by atoms with Gasteiger partial charge >= 0.3 is 0 Å². The van der Waals surface area contributed by atoms with Crippen LogP contribution in [0, 0.1) is 5.92 Å². The topological polar surface area (TPSA) is 142 Å². The number of para-hydroxylation sites is 1. The molecule has 0 saturated carbocycles. The van der Waals surface area contributed by atoms with Crippen LogP contribution in [0.2, 0.25) is 10.0 Å². The van der Waals surface area contributed by atoms with Crippen molar-refractivity contribution < 1.29 is 26.4 Å². The van der Waals surface area contributed by atoms with E-state index in [1.54, 1.807) is 4.90 Å². The molecule has 54 heavy (non-hydrogen) atoms. The van der Waals surface area contributed by atoms with Gasteiger partial charge in [-0.15, -0.1) is 0 Å². The quantitative estimate of drug-likeness (QED) is 0.0643. The lowest BCUT2D eigenvalue weighted by Crippen LogP contribution is -2.39. The van der Waals surface area contributed by atoms with E-state index in [4.69, 9.17) is 23.2 Å². The number of nitrogens with zero attached hydrogens (tertiary/aromatic N) is 1. The van der Waals surface area contributed by atoms with Crippen LogP contribution >= 0.6 is 23.2 Å². The normalized spacial score (nSPS) is 13.4. The van der Waals surface area contributed by atoms with Gasteiger partial charge in [-0.05, 0) is 67.8 Å². The smallest absolute Gasteiger partial charge is 0.262 e. The number of nitrogens with one attached hydrogen (secondary N) is 3. The third-order valence-corrected chi connectivity index (χ3v) is 13.2. The number of carbonyl (C=O) groups is 2. The molecule has 0 aliphatic carbocycles. The molecule has 0 spiro atoms. The molecule has 1 aliphatic rings. The molecule has 1 unspecified atom stereocenters. The lowest BCUT2D eigenvalue weighted by Gasteiger charge is -2.21. The van der Waals surface area contributed by atoms with Crippen LogP contribution in [0.5, 0.6) is 0 Å². The summed E-state index contributed by atoms with van der Waals surface area (Å²) in [5.74, 6) is -2.13. The van der Waals surface area contributed by atoms with Crippen LogP contribution in [-0.4, -0.2) is 41.7 Å².